The summed E-state index contributed by atoms with van der Waals surface area (Å²) in [7, 11) is 0. The molecule has 1 aliphatic heterocycles. The fourth-order valence-electron chi connectivity index (χ4n) is 4.10. The highest BCUT2D eigenvalue weighted by Crippen LogP contribution is 2.35. The zero-order valence-corrected chi connectivity index (χ0v) is 18.2. The number of rotatable bonds is 7. The molecule has 4 nitrogen and oxygen atoms in total. The second-order valence-corrected chi connectivity index (χ2v) is 8.21. The standard InChI is InChI=1S/C23H28BrN3O/c1-3-27(4-2)12-13-28-18-7-5-6-16(14-18)22-23-19(10-11-25-22)20-15-17(24)8-9-21(20)26-23/h5-9,14-15,22,25-26H,3-4,10-13H2,1-2H3. The maximum Gasteiger partial charge on any atom is 0.119 e. The molecule has 2 aromatic carbocycles. The number of benzene rings is 2. The SMILES string of the molecule is CCN(CC)CCOc1cccc(C2NCCc3c2[nH]c2ccc(Br)cc32)c1. The van der Waals surface area contributed by atoms with Crippen LogP contribution in [0.15, 0.2) is 46.9 Å². The van der Waals surface area contributed by atoms with Crippen LogP contribution in [0.1, 0.15) is 36.7 Å². The van der Waals surface area contributed by atoms with Gasteiger partial charge in [-0.25, -0.2) is 0 Å². The van der Waals surface area contributed by atoms with Gasteiger partial charge in [0.15, 0.2) is 0 Å². The van der Waals surface area contributed by atoms with Crippen molar-refractivity contribution in [3.05, 3.63) is 63.8 Å². The molecule has 0 bridgehead atoms. The third-order valence-electron chi connectivity index (χ3n) is 5.68. The average Bonchev–Trinajstić information content (AvgIpc) is 3.09. The normalized spacial score (nSPS) is 16.5. The fraction of sp³-hybridized carbons (Fsp3) is 0.391. The van der Waals surface area contributed by atoms with E-state index < -0.39 is 0 Å². The molecule has 0 saturated carbocycles. The van der Waals surface area contributed by atoms with E-state index >= 15 is 0 Å². The molecule has 0 aliphatic carbocycles. The molecule has 1 unspecified atom stereocenters. The molecule has 1 aromatic heterocycles. The number of hydrogen-bond acceptors (Lipinski definition) is 3. The van der Waals surface area contributed by atoms with Crippen molar-refractivity contribution in [1.82, 2.24) is 15.2 Å². The molecule has 0 saturated heterocycles. The summed E-state index contributed by atoms with van der Waals surface area (Å²) in [5.74, 6) is 0.942. The lowest BCUT2D eigenvalue weighted by atomic mass is 9.94. The summed E-state index contributed by atoms with van der Waals surface area (Å²) >= 11 is 3.61. The molecule has 0 spiro atoms. The van der Waals surface area contributed by atoms with Gasteiger partial charge in [-0.05, 0) is 61.0 Å². The van der Waals surface area contributed by atoms with Crippen LogP contribution in [-0.2, 0) is 6.42 Å². The van der Waals surface area contributed by atoms with E-state index in [1.807, 2.05) is 0 Å². The number of H-pyrrole nitrogens is 1. The van der Waals surface area contributed by atoms with Crippen LogP contribution in [0, 0.1) is 0 Å². The lowest BCUT2D eigenvalue weighted by molar-refractivity contribution is 0.222. The van der Waals surface area contributed by atoms with Crippen LogP contribution in [0.2, 0.25) is 0 Å². The first-order valence-electron chi connectivity index (χ1n) is 10.2. The summed E-state index contributed by atoms with van der Waals surface area (Å²) in [6.07, 6.45) is 1.04. The van der Waals surface area contributed by atoms with Gasteiger partial charge in [0.1, 0.15) is 12.4 Å². The maximum atomic E-state index is 6.05. The highest BCUT2D eigenvalue weighted by molar-refractivity contribution is 9.10. The van der Waals surface area contributed by atoms with Crippen LogP contribution in [0.3, 0.4) is 0 Å². The summed E-state index contributed by atoms with van der Waals surface area (Å²) in [5, 5.41) is 5.00. The first-order valence-corrected chi connectivity index (χ1v) is 11.0. The topological polar surface area (TPSA) is 40.3 Å². The van der Waals surface area contributed by atoms with Gasteiger partial charge in [-0.3, -0.25) is 0 Å². The molecule has 2 heterocycles. The zero-order valence-electron chi connectivity index (χ0n) is 16.6. The Morgan fingerprint density at radius 3 is 2.82 bits per heavy atom. The minimum atomic E-state index is 0.168. The van der Waals surface area contributed by atoms with Crippen molar-refractivity contribution in [3.63, 3.8) is 0 Å². The van der Waals surface area contributed by atoms with E-state index in [4.69, 9.17) is 4.74 Å². The number of nitrogens with zero attached hydrogens (tertiary/aromatic N) is 1. The molecule has 3 aromatic rings. The van der Waals surface area contributed by atoms with Crippen molar-refractivity contribution in [1.29, 1.82) is 0 Å². The number of nitrogens with one attached hydrogen (secondary N) is 2. The van der Waals surface area contributed by atoms with Crippen molar-refractivity contribution in [2.24, 2.45) is 0 Å². The quantitative estimate of drug-likeness (QED) is 0.548. The number of aromatic nitrogens is 1. The fourth-order valence-corrected chi connectivity index (χ4v) is 4.46. The molecule has 5 heteroatoms. The van der Waals surface area contributed by atoms with Gasteiger partial charge in [0.2, 0.25) is 0 Å². The Balaban J connectivity index is 1.56. The smallest absolute Gasteiger partial charge is 0.119 e. The number of halogens is 1. The van der Waals surface area contributed by atoms with Gasteiger partial charge >= 0.3 is 0 Å². The van der Waals surface area contributed by atoms with Crippen LogP contribution in [0.25, 0.3) is 10.9 Å². The van der Waals surface area contributed by atoms with E-state index in [2.05, 4.69) is 87.4 Å². The largest absolute Gasteiger partial charge is 0.492 e. The molecule has 1 atom stereocenters. The second-order valence-electron chi connectivity index (χ2n) is 7.29. The van der Waals surface area contributed by atoms with E-state index in [0.717, 1.165) is 49.4 Å². The molecule has 1 aliphatic rings. The van der Waals surface area contributed by atoms with E-state index in [1.165, 1.54) is 27.7 Å². The predicted molar refractivity (Wildman–Crippen MR) is 119 cm³/mol. The summed E-state index contributed by atoms with van der Waals surface area (Å²) < 4.78 is 7.17. The molecule has 148 valence electrons. The van der Waals surface area contributed by atoms with E-state index in [0.29, 0.717) is 0 Å². The Morgan fingerprint density at radius 1 is 1.14 bits per heavy atom. The lowest BCUT2D eigenvalue weighted by Gasteiger charge is -2.25. The summed E-state index contributed by atoms with van der Waals surface area (Å²) in [6, 6.07) is 15.1. The number of aromatic amines is 1. The molecule has 0 fully saturated rings. The Bertz CT molecular complexity index is 948. The second kappa shape index (κ2) is 8.68. The van der Waals surface area contributed by atoms with E-state index in [1.54, 1.807) is 0 Å². The van der Waals surface area contributed by atoms with E-state index in [9.17, 15) is 0 Å². The molecule has 28 heavy (non-hydrogen) atoms. The van der Waals surface area contributed by atoms with Crippen LogP contribution in [-0.4, -0.2) is 42.7 Å². The van der Waals surface area contributed by atoms with Gasteiger partial charge in [0.25, 0.3) is 0 Å². The summed E-state index contributed by atoms with van der Waals surface area (Å²) in [4.78, 5) is 6.03. The lowest BCUT2D eigenvalue weighted by Crippen LogP contribution is -2.30. The minimum Gasteiger partial charge on any atom is -0.492 e. The Hall–Kier alpha value is -1.82. The molecular weight excluding hydrogens is 414 g/mol. The zero-order chi connectivity index (χ0) is 19.5. The molecule has 4 rings (SSSR count). The first kappa shape index (κ1) is 19.5. The van der Waals surface area contributed by atoms with Gasteiger partial charge < -0.3 is 19.9 Å². The minimum absolute atomic E-state index is 0.168. The van der Waals surface area contributed by atoms with Crippen molar-refractivity contribution in [2.45, 2.75) is 26.3 Å². The third-order valence-corrected chi connectivity index (χ3v) is 6.17. The van der Waals surface area contributed by atoms with Crippen LogP contribution in [0.4, 0.5) is 0 Å². The molecule has 0 amide bonds. The Kier molecular flexibility index (Phi) is 6.04. The monoisotopic (exact) mass is 441 g/mol. The van der Waals surface area contributed by atoms with Crippen molar-refractivity contribution in [2.75, 3.05) is 32.8 Å². The van der Waals surface area contributed by atoms with Gasteiger partial charge in [-0.1, -0.05) is 41.9 Å². The number of ether oxygens (including phenoxy) is 1. The van der Waals surface area contributed by atoms with E-state index in [-0.39, 0.29) is 6.04 Å². The maximum absolute atomic E-state index is 6.05. The van der Waals surface area contributed by atoms with Gasteiger partial charge in [-0.15, -0.1) is 0 Å². The van der Waals surface area contributed by atoms with Crippen molar-refractivity contribution >= 4 is 26.8 Å². The Morgan fingerprint density at radius 2 is 2.00 bits per heavy atom. The van der Waals surface area contributed by atoms with Gasteiger partial charge in [-0.2, -0.15) is 0 Å². The Labute approximate surface area is 175 Å². The first-order chi connectivity index (χ1) is 13.7. The highest BCUT2D eigenvalue weighted by Gasteiger charge is 2.25. The van der Waals surface area contributed by atoms with Crippen molar-refractivity contribution < 1.29 is 4.74 Å². The average molecular weight is 442 g/mol. The third kappa shape index (κ3) is 3.97. The molecule has 2 N–H and O–H groups in total. The molecular formula is C23H28BrN3O. The molecule has 0 radical (unpaired) electrons. The van der Waals surface area contributed by atoms with Crippen molar-refractivity contribution in [3.8, 4) is 5.75 Å². The van der Waals surface area contributed by atoms with Crippen LogP contribution >= 0.6 is 15.9 Å². The number of hydrogen-bond donors (Lipinski definition) is 2. The number of likely N-dealkylation sites (N-methyl/N-ethyl adjacent to an activating group) is 1. The van der Waals surface area contributed by atoms with Gasteiger partial charge in [0.05, 0.1) is 6.04 Å². The summed E-state index contributed by atoms with van der Waals surface area (Å²) in [5.41, 5.74) is 5.15. The van der Waals surface area contributed by atoms with Gasteiger partial charge in [0, 0.05) is 34.2 Å². The van der Waals surface area contributed by atoms with Crippen LogP contribution in [0.5, 0.6) is 5.75 Å². The summed E-state index contributed by atoms with van der Waals surface area (Å²) in [6.45, 7) is 9.15. The van der Waals surface area contributed by atoms with Crippen LogP contribution < -0.4 is 10.1 Å². The highest BCUT2D eigenvalue weighted by atomic mass is 79.9. The number of fused-ring (bicyclic) bond motifs is 3. The predicted octanol–water partition coefficient (Wildman–Crippen LogP) is 4.89.